The zero-order chi connectivity index (χ0) is 26.2. The van der Waals surface area contributed by atoms with Gasteiger partial charge in [0, 0.05) is 58.8 Å². The van der Waals surface area contributed by atoms with Gasteiger partial charge in [0.15, 0.2) is 0 Å². The smallest absolute Gasteiger partial charge is 0.216 e. The van der Waals surface area contributed by atoms with Crippen molar-refractivity contribution in [1.82, 2.24) is 9.55 Å². The third-order valence-electron chi connectivity index (χ3n) is 7.59. The summed E-state index contributed by atoms with van der Waals surface area (Å²) < 4.78 is 0.817. The average Bonchev–Trinajstić information content (AvgIpc) is 3.34. The summed E-state index contributed by atoms with van der Waals surface area (Å²) in [6, 6.07) is 13.7. The monoisotopic (exact) mass is 547 g/mol. The fraction of sp³-hybridized carbons (Fsp3) is 0.200. The Morgan fingerprint density at radius 3 is 2.49 bits per heavy atom. The van der Waals surface area contributed by atoms with Gasteiger partial charge in [0.25, 0.3) is 0 Å². The molecule has 0 aliphatic carbocycles. The van der Waals surface area contributed by atoms with E-state index in [1.165, 1.54) is 43.7 Å². The molecule has 0 radical (unpaired) electrons. The van der Waals surface area contributed by atoms with Crippen molar-refractivity contribution >= 4 is 84.9 Å². The molecule has 0 saturated heterocycles. The van der Waals surface area contributed by atoms with Crippen LogP contribution in [0.1, 0.15) is 39.5 Å². The third kappa shape index (κ3) is 3.58. The first-order valence-corrected chi connectivity index (χ1v) is 13.3. The second-order valence-corrected chi connectivity index (χ2v) is 11.8. The summed E-state index contributed by atoms with van der Waals surface area (Å²) >= 11 is 18.3. The number of alkyl halides is 3. The highest BCUT2D eigenvalue weighted by Gasteiger charge is 2.33. The van der Waals surface area contributed by atoms with Crippen LogP contribution in [-0.2, 0) is 10.3 Å². The number of rotatable bonds is 2. The molecule has 0 amide bonds. The van der Waals surface area contributed by atoms with Crippen molar-refractivity contribution < 1.29 is 4.79 Å². The molecule has 0 atom stereocenters. The maximum absolute atomic E-state index is 13.3. The molecule has 186 valence electrons. The van der Waals surface area contributed by atoms with Crippen LogP contribution in [0.15, 0.2) is 60.6 Å². The van der Waals surface area contributed by atoms with Crippen molar-refractivity contribution in [2.45, 2.75) is 31.1 Å². The molecule has 7 heteroatoms. The highest BCUT2D eigenvalue weighted by Crippen LogP contribution is 2.43. The lowest BCUT2D eigenvalue weighted by atomic mass is 9.96. The number of ketones is 1. The fourth-order valence-corrected chi connectivity index (χ4v) is 6.11. The molecular formula is C30H24Cl3N3O. The molecule has 0 bridgehead atoms. The highest BCUT2D eigenvalue weighted by atomic mass is 35.6. The summed E-state index contributed by atoms with van der Waals surface area (Å²) in [5.41, 5.74) is 8.28. The second kappa shape index (κ2) is 8.49. The van der Waals surface area contributed by atoms with Gasteiger partial charge in [-0.15, -0.1) is 0 Å². The maximum Gasteiger partial charge on any atom is 0.216 e. The van der Waals surface area contributed by atoms with Gasteiger partial charge in [0.05, 0.1) is 16.9 Å². The van der Waals surface area contributed by atoms with Crippen molar-refractivity contribution in [2.24, 2.45) is 0 Å². The van der Waals surface area contributed by atoms with Gasteiger partial charge in [-0.25, -0.2) is 0 Å². The summed E-state index contributed by atoms with van der Waals surface area (Å²) in [5.74, 6) is -0.0463. The third-order valence-corrected chi connectivity index (χ3v) is 8.25. The number of aryl methyl sites for hydroxylation is 3. The summed E-state index contributed by atoms with van der Waals surface area (Å²) in [4.78, 5) is 19.6. The lowest BCUT2D eigenvalue weighted by molar-refractivity contribution is 0.104. The molecule has 0 fully saturated rings. The number of carbonyl (C=O) groups excluding carboxylic acids is 1. The van der Waals surface area contributed by atoms with Crippen LogP contribution >= 0.6 is 34.8 Å². The van der Waals surface area contributed by atoms with Crippen molar-refractivity contribution in [2.75, 3.05) is 11.9 Å². The quantitative estimate of drug-likeness (QED) is 0.164. The first-order valence-electron chi connectivity index (χ1n) is 12.1. The van der Waals surface area contributed by atoms with E-state index in [1.807, 2.05) is 30.4 Å². The predicted octanol–water partition coefficient (Wildman–Crippen LogP) is 8.48. The Morgan fingerprint density at radius 2 is 1.76 bits per heavy atom. The molecule has 4 nitrogen and oxygen atoms in total. The van der Waals surface area contributed by atoms with Gasteiger partial charge >= 0.3 is 0 Å². The second-order valence-electron chi connectivity index (χ2n) is 9.56. The zero-order valence-electron chi connectivity index (χ0n) is 20.9. The molecule has 0 spiro atoms. The van der Waals surface area contributed by atoms with Crippen LogP contribution < -0.4 is 4.90 Å². The van der Waals surface area contributed by atoms with Gasteiger partial charge in [-0.3, -0.25) is 9.78 Å². The van der Waals surface area contributed by atoms with E-state index >= 15 is 0 Å². The number of pyridine rings is 1. The molecule has 37 heavy (non-hydrogen) atoms. The average molecular weight is 549 g/mol. The highest BCUT2D eigenvalue weighted by molar-refractivity contribution is 6.66. The van der Waals surface area contributed by atoms with E-state index in [4.69, 9.17) is 34.8 Å². The summed E-state index contributed by atoms with van der Waals surface area (Å²) in [7, 11) is 1.87. The number of fused-ring (bicyclic) bond motifs is 5. The van der Waals surface area contributed by atoms with Gasteiger partial charge < -0.3 is 9.47 Å². The van der Waals surface area contributed by atoms with Crippen molar-refractivity contribution in [3.8, 4) is 0 Å². The standard InChI is InChI=1S/C30H24Cl3N3O/c1-5-36-24-9-6-18(12-22(24)27-16(2)20-10-11-34-15-23(20)17(3)28(27)36)13-26-29(37)21-8-7-19(30(31,32)33)14-25(21)35(26)4/h6-15H,5H2,1-4H3. The van der Waals surface area contributed by atoms with E-state index in [0.717, 1.165) is 17.8 Å². The number of benzene rings is 3. The van der Waals surface area contributed by atoms with Gasteiger partial charge in [0.1, 0.15) is 0 Å². The Morgan fingerprint density at radius 1 is 0.973 bits per heavy atom. The van der Waals surface area contributed by atoms with Gasteiger partial charge in [-0.1, -0.05) is 46.9 Å². The van der Waals surface area contributed by atoms with Crippen LogP contribution in [0, 0.1) is 13.8 Å². The minimum Gasteiger partial charge on any atom is -0.341 e. The number of hydrogen-bond donors (Lipinski definition) is 0. The van der Waals surface area contributed by atoms with E-state index in [1.54, 1.807) is 18.2 Å². The predicted molar refractivity (Wildman–Crippen MR) is 156 cm³/mol. The molecule has 0 unspecified atom stereocenters. The van der Waals surface area contributed by atoms with E-state index in [9.17, 15) is 4.79 Å². The Bertz CT molecular complexity index is 1810. The first kappa shape index (κ1) is 24.3. The fourth-order valence-electron chi connectivity index (χ4n) is 5.76. The molecule has 1 aliphatic heterocycles. The van der Waals surface area contributed by atoms with Crippen LogP contribution in [0.3, 0.4) is 0 Å². The van der Waals surface area contributed by atoms with E-state index in [2.05, 4.69) is 54.6 Å². The van der Waals surface area contributed by atoms with Crippen molar-refractivity contribution in [1.29, 1.82) is 0 Å². The van der Waals surface area contributed by atoms with Crippen LogP contribution in [0.5, 0.6) is 0 Å². The molecule has 3 aromatic carbocycles. The van der Waals surface area contributed by atoms with Crippen LogP contribution in [-0.4, -0.2) is 22.4 Å². The lowest BCUT2D eigenvalue weighted by Gasteiger charge is -2.17. The largest absolute Gasteiger partial charge is 0.341 e. The van der Waals surface area contributed by atoms with E-state index in [0.29, 0.717) is 16.8 Å². The number of carbonyl (C=O) groups is 1. The minimum absolute atomic E-state index is 0.0463. The SMILES string of the molecule is CCn1c2ccc(C=C3C(=O)c4ccc(C(Cl)(Cl)Cl)cc4N3C)cc2c2c(C)c3ccncc3c(C)c21. The normalized spacial score (nSPS) is 15.1. The molecule has 3 heterocycles. The van der Waals surface area contributed by atoms with Gasteiger partial charge in [-0.2, -0.15) is 0 Å². The molecule has 6 rings (SSSR count). The van der Waals surface area contributed by atoms with Gasteiger partial charge in [0.2, 0.25) is 9.58 Å². The first-order chi connectivity index (χ1) is 17.6. The van der Waals surface area contributed by atoms with Gasteiger partial charge in [-0.05, 0) is 79.3 Å². The van der Waals surface area contributed by atoms with E-state index in [-0.39, 0.29) is 5.78 Å². The molecule has 1 aliphatic rings. The van der Waals surface area contributed by atoms with Crippen molar-refractivity contribution in [3.63, 3.8) is 0 Å². The Labute approximate surface area is 230 Å². The molecule has 2 aromatic heterocycles. The van der Waals surface area contributed by atoms with Crippen LogP contribution in [0.25, 0.3) is 38.7 Å². The number of halogens is 3. The summed E-state index contributed by atoms with van der Waals surface area (Å²) in [6.45, 7) is 7.39. The number of Topliss-reactive ketones (excluding diaryl/α,β-unsaturated/α-hetero) is 1. The maximum atomic E-state index is 13.3. The summed E-state index contributed by atoms with van der Waals surface area (Å²) in [5, 5.41) is 4.81. The molecular weight excluding hydrogens is 525 g/mol. The van der Waals surface area contributed by atoms with Crippen LogP contribution in [0.2, 0.25) is 0 Å². The number of aromatic nitrogens is 2. The number of likely N-dealkylation sites (N-methyl/N-ethyl adjacent to an activating group) is 1. The minimum atomic E-state index is -1.56. The Kier molecular flexibility index (Phi) is 5.57. The number of hydrogen-bond acceptors (Lipinski definition) is 3. The lowest BCUT2D eigenvalue weighted by Crippen LogP contribution is -2.14. The molecule has 0 N–H and O–H groups in total. The zero-order valence-corrected chi connectivity index (χ0v) is 23.1. The number of anilines is 1. The number of nitrogens with zero attached hydrogens (tertiary/aromatic N) is 3. The Hall–Kier alpha value is -3.05. The molecule has 0 saturated carbocycles. The van der Waals surface area contributed by atoms with E-state index < -0.39 is 3.79 Å². The summed E-state index contributed by atoms with van der Waals surface area (Å²) in [6.07, 6.45) is 5.75. The molecule has 5 aromatic rings. The van der Waals surface area contributed by atoms with Crippen molar-refractivity contribution in [3.05, 3.63) is 88.4 Å². The number of allylic oxidation sites excluding steroid dienone is 1. The Balaban J connectivity index is 1.55. The van der Waals surface area contributed by atoms with Crippen LogP contribution in [0.4, 0.5) is 5.69 Å². The topological polar surface area (TPSA) is 38.1 Å².